The maximum absolute atomic E-state index is 12.1. The third kappa shape index (κ3) is 3.08. The molecule has 2 aromatic rings. The summed E-state index contributed by atoms with van der Waals surface area (Å²) in [7, 11) is 1.47. The third-order valence-electron chi connectivity index (χ3n) is 3.56. The van der Waals surface area contributed by atoms with E-state index in [-0.39, 0.29) is 5.91 Å². The number of rotatable bonds is 5. The van der Waals surface area contributed by atoms with E-state index < -0.39 is 12.6 Å². The van der Waals surface area contributed by atoms with Gasteiger partial charge in [0.15, 0.2) is 18.1 Å². The summed E-state index contributed by atoms with van der Waals surface area (Å²) in [6, 6.07) is 12.5. The molecule has 0 atom stereocenters. The minimum atomic E-state index is -1.07. The number of fused-ring (bicyclic) bond motifs is 1. The summed E-state index contributed by atoms with van der Waals surface area (Å²) in [5, 5.41) is 11.5. The van der Waals surface area contributed by atoms with Crippen LogP contribution in [-0.4, -0.2) is 30.7 Å². The molecular formula is C18H15NO5. The Morgan fingerprint density at radius 3 is 2.75 bits per heavy atom. The molecule has 0 bridgehead atoms. The number of benzene rings is 2. The quantitative estimate of drug-likeness (QED) is 0.826. The smallest absolute Gasteiger partial charge is 0.341 e. The largest absolute Gasteiger partial charge is 0.493 e. The Morgan fingerprint density at radius 1 is 1.21 bits per heavy atom. The van der Waals surface area contributed by atoms with Crippen molar-refractivity contribution in [1.29, 1.82) is 0 Å². The van der Waals surface area contributed by atoms with Gasteiger partial charge < -0.3 is 19.9 Å². The molecule has 24 heavy (non-hydrogen) atoms. The number of aliphatic carboxylic acids is 1. The van der Waals surface area contributed by atoms with Gasteiger partial charge in [0.25, 0.3) is 5.91 Å². The van der Waals surface area contributed by atoms with E-state index in [4.69, 9.17) is 14.6 Å². The molecule has 0 aromatic heterocycles. The van der Waals surface area contributed by atoms with E-state index >= 15 is 0 Å². The number of carboxylic acids is 1. The van der Waals surface area contributed by atoms with Crippen LogP contribution in [0.4, 0.5) is 5.69 Å². The van der Waals surface area contributed by atoms with Crippen molar-refractivity contribution in [2.45, 2.75) is 0 Å². The van der Waals surface area contributed by atoms with Crippen molar-refractivity contribution >= 4 is 29.2 Å². The Labute approximate surface area is 138 Å². The Kier molecular flexibility index (Phi) is 4.20. The van der Waals surface area contributed by atoms with Crippen LogP contribution < -0.4 is 14.8 Å². The molecule has 122 valence electrons. The van der Waals surface area contributed by atoms with Crippen LogP contribution >= 0.6 is 0 Å². The standard InChI is InChI=1S/C18H15NO5/c1-23-16-9-11(6-7-15(16)24-10-17(20)21)8-13-12-4-2-3-5-14(12)19-18(13)22/h2-9H,10H2,1H3,(H,19,22)(H,20,21)/b13-8-. The lowest BCUT2D eigenvalue weighted by molar-refractivity contribution is -0.139. The summed E-state index contributed by atoms with van der Waals surface area (Å²) in [5.41, 5.74) is 2.93. The molecule has 3 rings (SSSR count). The maximum atomic E-state index is 12.1. The van der Waals surface area contributed by atoms with Gasteiger partial charge in [-0.25, -0.2) is 4.79 Å². The number of methoxy groups -OCH3 is 1. The minimum Gasteiger partial charge on any atom is -0.493 e. The van der Waals surface area contributed by atoms with Crippen molar-refractivity contribution in [3.05, 3.63) is 53.6 Å². The Balaban J connectivity index is 1.93. The topological polar surface area (TPSA) is 84.9 Å². The zero-order valence-electron chi connectivity index (χ0n) is 12.9. The zero-order valence-corrected chi connectivity index (χ0v) is 12.9. The maximum Gasteiger partial charge on any atom is 0.341 e. The lowest BCUT2D eigenvalue weighted by Crippen LogP contribution is -2.10. The van der Waals surface area contributed by atoms with Crippen LogP contribution in [0.1, 0.15) is 11.1 Å². The summed E-state index contributed by atoms with van der Waals surface area (Å²) in [4.78, 5) is 22.7. The summed E-state index contributed by atoms with van der Waals surface area (Å²) >= 11 is 0. The lowest BCUT2D eigenvalue weighted by atomic mass is 10.0. The summed E-state index contributed by atoms with van der Waals surface area (Å²) in [6.07, 6.45) is 1.75. The molecule has 0 unspecified atom stereocenters. The average Bonchev–Trinajstić information content (AvgIpc) is 2.89. The van der Waals surface area contributed by atoms with Gasteiger partial charge in [-0.05, 0) is 29.8 Å². The molecule has 6 nitrogen and oxygen atoms in total. The first-order valence-electron chi connectivity index (χ1n) is 7.23. The van der Waals surface area contributed by atoms with Crippen LogP contribution in [0.5, 0.6) is 11.5 Å². The number of para-hydroxylation sites is 1. The molecule has 0 spiro atoms. The van der Waals surface area contributed by atoms with E-state index in [1.807, 2.05) is 24.3 Å². The fourth-order valence-corrected chi connectivity index (χ4v) is 2.48. The summed E-state index contributed by atoms with van der Waals surface area (Å²) < 4.78 is 10.4. The van der Waals surface area contributed by atoms with Gasteiger partial charge in [-0.15, -0.1) is 0 Å². The van der Waals surface area contributed by atoms with Gasteiger partial charge in [-0.3, -0.25) is 4.79 Å². The first-order chi connectivity index (χ1) is 11.6. The Bertz CT molecular complexity index is 841. The van der Waals surface area contributed by atoms with Crippen LogP contribution in [0.2, 0.25) is 0 Å². The minimum absolute atomic E-state index is 0.165. The molecule has 1 heterocycles. The van der Waals surface area contributed by atoms with Crippen molar-refractivity contribution in [2.24, 2.45) is 0 Å². The fraction of sp³-hybridized carbons (Fsp3) is 0.111. The van der Waals surface area contributed by atoms with Crippen LogP contribution in [0.25, 0.3) is 11.6 Å². The molecule has 1 amide bonds. The van der Waals surface area contributed by atoms with Gasteiger partial charge >= 0.3 is 5.97 Å². The van der Waals surface area contributed by atoms with Gasteiger partial charge in [0.1, 0.15) is 0 Å². The molecule has 0 saturated carbocycles. The summed E-state index contributed by atoms with van der Waals surface area (Å²) in [6.45, 7) is -0.452. The van der Waals surface area contributed by atoms with E-state index in [0.29, 0.717) is 17.1 Å². The predicted molar refractivity (Wildman–Crippen MR) is 89.1 cm³/mol. The predicted octanol–water partition coefficient (Wildman–Crippen LogP) is 2.65. The van der Waals surface area contributed by atoms with Gasteiger partial charge in [0.2, 0.25) is 0 Å². The molecule has 1 aliphatic heterocycles. The molecule has 0 fully saturated rings. The van der Waals surface area contributed by atoms with Gasteiger partial charge in [0.05, 0.1) is 7.11 Å². The van der Waals surface area contributed by atoms with E-state index in [0.717, 1.165) is 16.8 Å². The highest BCUT2D eigenvalue weighted by atomic mass is 16.5. The number of carbonyl (C=O) groups is 2. The first kappa shape index (κ1) is 15.6. The molecule has 0 saturated heterocycles. The highest BCUT2D eigenvalue weighted by Gasteiger charge is 2.23. The van der Waals surface area contributed by atoms with Crippen LogP contribution in [0, 0.1) is 0 Å². The van der Waals surface area contributed by atoms with Crippen LogP contribution in [0.15, 0.2) is 42.5 Å². The SMILES string of the molecule is COc1cc(/C=C2\C(=O)Nc3ccccc32)ccc1OCC(=O)O. The molecule has 2 aromatic carbocycles. The number of carbonyl (C=O) groups excluding carboxylic acids is 1. The molecule has 0 radical (unpaired) electrons. The average molecular weight is 325 g/mol. The van der Waals surface area contributed by atoms with Gasteiger partial charge in [0, 0.05) is 16.8 Å². The van der Waals surface area contributed by atoms with Crippen molar-refractivity contribution < 1.29 is 24.2 Å². The normalized spacial score (nSPS) is 14.2. The van der Waals surface area contributed by atoms with E-state index in [9.17, 15) is 9.59 Å². The van der Waals surface area contributed by atoms with Crippen molar-refractivity contribution in [2.75, 3.05) is 19.0 Å². The van der Waals surface area contributed by atoms with E-state index in [2.05, 4.69) is 5.32 Å². The number of hydrogen-bond donors (Lipinski definition) is 2. The van der Waals surface area contributed by atoms with Gasteiger partial charge in [-0.2, -0.15) is 0 Å². The number of ether oxygens (including phenoxy) is 2. The zero-order chi connectivity index (χ0) is 17.1. The molecular weight excluding hydrogens is 310 g/mol. The highest BCUT2D eigenvalue weighted by Crippen LogP contribution is 2.34. The van der Waals surface area contributed by atoms with Crippen LogP contribution in [-0.2, 0) is 9.59 Å². The number of carboxylic acid groups (broad SMARTS) is 1. The number of anilines is 1. The summed E-state index contributed by atoms with van der Waals surface area (Å²) in [5.74, 6) is -0.500. The Morgan fingerprint density at radius 2 is 2.00 bits per heavy atom. The van der Waals surface area contributed by atoms with Crippen molar-refractivity contribution in [3.8, 4) is 11.5 Å². The second kappa shape index (κ2) is 6.45. The van der Waals surface area contributed by atoms with E-state index in [1.165, 1.54) is 7.11 Å². The lowest BCUT2D eigenvalue weighted by Gasteiger charge is -2.10. The monoisotopic (exact) mass is 325 g/mol. The van der Waals surface area contributed by atoms with Crippen molar-refractivity contribution in [3.63, 3.8) is 0 Å². The van der Waals surface area contributed by atoms with E-state index in [1.54, 1.807) is 24.3 Å². The number of hydrogen-bond acceptors (Lipinski definition) is 4. The molecule has 1 aliphatic rings. The van der Waals surface area contributed by atoms with Gasteiger partial charge in [-0.1, -0.05) is 24.3 Å². The molecule has 0 aliphatic carbocycles. The van der Waals surface area contributed by atoms with Crippen LogP contribution in [0.3, 0.4) is 0 Å². The highest BCUT2D eigenvalue weighted by molar-refractivity contribution is 6.34. The number of amides is 1. The third-order valence-corrected chi connectivity index (χ3v) is 3.56. The molecule has 6 heteroatoms. The second-order valence-electron chi connectivity index (χ2n) is 5.15. The molecule has 2 N–H and O–H groups in total. The Hall–Kier alpha value is -3.28. The first-order valence-corrected chi connectivity index (χ1v) is 7.23. The second-order valence-corrected chi connectivity index (χ2v) is 5.15. The fourth-order valence-electron chi connectivity index (χ4n) is 2.48. The number of nitrogens with one attached hydrogen (secondary N) is 1. The van der Waals surface area contributed by atoms with Crippen molar-refractivity contribution in [1.82, 2.24) is 0 Å².